The second kappa shape index (κ2) is 8.72. The van der Waals surface area contributed by atoms with Crippen LogP contribution in [0.25, 0.3) is 0 Å². The number of hydrogen-bond donors (Lipinski definition) is 1. The molecule has 1 fully saturated rings. The smallest absolute Gasteiger partial charge is 0.246 e. The van der Waals surface area contributed by atoms with Gasteiger partial charge in [-0.1, -0.05) is 11.2 Å². The predicted octanol–water partition coefficient (Wildman–Crippen LogP) is 0.871. The quantitative estimate of drug-likeness (QED) is 0.722. The van der Waals surface area contributed by atoms with Crippen LogP contribution < -0.4 is 10.1 Å². The number of aryl methyl sites for hydroxylation is 1. The van der Waals surface area contributed by atoms with E-state index in [-0.39, 0.29) is 42.6 Å². The Morgan fingerprint density at radius 3 is 2.68 bits per heavy atom. The van der Waals surface area contributed by atoms with Crippen LogP contribution in [-0.4, -0.2) is 57.2 Å². The summed E-state index contributed by atoms with van der Waals surface area (Å²) in [4.78, 5) is 12.3. The van der Waals surface area contributed by atoms with Gasteiger partial charge >= 0.3 is 0 Å². The van der Waals surface area contributed by atoms with E-state index in [9.17, 15) is 13.2 Å². The maximum absolute atomic E-state index is 13.0. The highest BCUT2D eigenvalue weighted by Crippen LogP contribution is 2.28. The monoisotopic (exact) mass is 409 g/mol. The number of carbonyl (C=O) groups excluding carboxylic acids is 1. The van der Waals surface area contributed by atoms with Gasteiger partial charge < -0.3 is 19.3 Å². The Morgan fingerprint density at radius 2 is 2.04 bits per heavy atom. The lowest BCUT2D eigenvalue weighted by Gasteiger charge is -2.26. The highest BCUT2D eigenvalue weighted by molar-refractivity contribution is 7.89. The molecule has 3 rings (SSSR count). The molecule has 9 nitrogen and oxygen atoms in total. The molecule has 0 bridgehead atoms. The molecule has 0 saturated carbocycles. The third-order valence-electron chi connectivity index (χ3n) is 4.32. The van der Waals surface area contributed by atoms with Crippen LogP contribution in [0.4, 0.5) is 0 Å². The Labute approximate surface area is 163 Å². The number of sulfonamides is 1. The molecule has 28 heavy (non-hydrogen) atoms. The molecule has 2 heterocycles. The first-order chi connectivity index (χ1) is 13.4. The van der Waals surface area contributed by atoms with E-state index >= 15 is 0 Å². The fourth-order valence-electron chi connectivity index (χ4n) is 2.89. The first kappa shape index (κ1) is 20.3. The Bertz CT molecular complexity index is 935. The number of nitrogens with one attached hydrogen (secondary N) is 1. The number of nitrogens with zero attached hydrogens (tertiary/aromatic N) is 2. The van der Waals surface area contributed by atoms with E-state index in [1.807, 2.05) is 0 Å². The van der Waals surface area contributed by atoms with Crippen molar-refractivity contribution in [3.05, 3.63) is 41.3 Å². The lowest BCUT2D eigenvalue weighted by atomic mass is 10.1. The van der Waals surface area contributed by atoms with Crippen LogP contribution in [-0.2, 0) is 32.5 Å². The van der Waals surface area contributed by atoms with E-state index < -0.39 is 10.0 Å². The summed E-state index contributed by atoms with van der Waals surface area (Å²) in [7, 11) is -2.33. The number of ether oxygens (including phenoxy) is 2. The number of aromatic nitrogens is 1. The van der Waals surface area contributed by atoms with Gasteiger partial charge in [-0.25, -0.2) is 8.42 Å². The van der Waals surface area contributed by atoms with E-state index in [0.717, 1.165) is 5.69 Å². The van der Waals surface area contributed by atoms with Crippen molar-refractivity contribution < 1.29 is 27.2 Å². The Kier molecular flexibility index (Phi) is 6.32. The van der Waals surface area contributed by atoms with Gasteiger partial charge in [0.15, 0.2) is 5.76 Å². The van der Waals surface area contributed by atoms with Gasteiger partial charge in [-0.15, -0.1) is 0 Å². The molecule has 0 radical (unpaired) electrons. The summed E-state index contributed by atoms with van der Waals surface area (Å²) in [5.74, 6) is 0.540. The van der Waals surface area contributed by atoms with Crippen LogP contribution in [0.15, 0.2) is 33.7 Å². The van der Waals surface area contributed by atoms with Crippen LogP contribution in [0.2, 0.25) is 0 Å². The van der Waals surface area contributed by atoms with Crippen LogP contribution >= 0.6 is 0 Å². The highest BCUT2D eigenvalue weighted by Gasteiger charge is 2.29. The van der Waals surface area contributed by atoms with Crippen LogP contribution in [0.3, 0.4) is 0 Å². The molecule has 1 aromatic heterocycles. The zero-order valence-corrected chi connectivity index (χ0v) is 16.6. The van der Waals surface area contributed by atoms with E-state index in [4.69, 9.17) is 14.0 Å². The maximum Gasteiger partial charge on any atom is 0.246 e. The summed E-state index contributed by atoms with van der Waals surface area (Å²) in [5.41, 5.74) is 1.30. The molecule has 1 N–H and O–H groups in total. The van der Waals surface area contributed by atoms with E-state index in [1.165, 1.54) is 17.5 Å². The SMILES string of the molecule is COc1ccc(CC(=O)NCc2cc(C)no2)cc1S(=O)(=O)N1CCOCC1. The topological polar surface area (TPSA) is 111 Å². The van der Waals surface area contributed by atoms with Gasteiger partial charge in [0.2, 0.25) is 15.9 Å². The number of benzene rings is 1. The minimum atomic E-state index is -3.74. The molecule has 1 amide bonds. The van der Waals surface area contributed by atoms with Gasteiger partial charge in [-0.2, -0.15) is 4.31 Å². The normalized spacial score (nSPS) is 15.4. The average molecular weight is 409 g/mol. The molecular formula is C18H23N3O6S. The summed E-state index contributed by atoms with van der Waals surface area (Å²) in [5, 5.41) is 6.49. The summed E-state index contributed by atoms with van der Waals surface area (Å²) in [6.07, 6.45) is 0.0305. The van der Waals surface area contributed by atoms with Crippen LogP contribution in [0.5, 0.6) is 5.75 Å². The van der Waals surface area contributed by atoms with Crippen molar-refractivity contribution in [1.82, 2.24) is 14.8 Å². The summed E-state index contributed by atoms with van der Waals surface area (Å²) in [6.45, 7) is 3.28. The Hall–Kier alpha value is -2.43. The van der Waals surface area contributed by atoms with Gasteiger partial charge in [0.25, 0.3) is 0 Å². The summed E-state index contributed by atoms with van der Waals surface area (Å²) < 4.78 is 42.9. The van der Waals surface area contributed by atoms with Gasteiger partial charge in [-0.3, -0.25) is 4.79 Å². The molecule has 1 saturated heterocycles. The van der Waals surface area contributed by atoms with Crippen LogP contribution in [0, 0.1) is 6.92 Å². The van der Waals surface area contributed by atoms with E-state index in [2.05, 4.69) is 10.5 Å². The number of rotatable bonds is 7. The maximum atomic E-state index is 13.0. The molecule has 0 atom stereocenters. The molecule has 1 aliphatic heterocycles. The van der Waals surface area contributed by atoms with Crippen molar-refractivity contribution in [2.24, 2.45) is 0 Å². The molecule has 10 heteroatoms. The summed E-state index contributed by atoms with van der Waals surface area (Å²) in [6, 6.07) is 6.47. The second-order valence-corrected chi connectivity index (χ2v) is 8.30. The molecule has 0 unspecified atom stereocenters. The van der Waals surface area contributed by atoms with Crippen molar-refractivity contribution in [3.63, 3.8) is 0 Å². The first-order valence-corrected chi connectivity index (χ1v) is 10.3. The van der Waals surface area contributed by atoms with Crippen molar-refractivity contribution in [2.75, 3.05) is 33.4 Å². The molecule has 152 valence electrons. The zero-order chi connectivity index (χ0) is 20.1. The van der Waals surface area contributed by atoms with E-state index in [0.29, 0.717) is 24.5 Å². The van der Waals surface area contributed by atoms with Gasteiger partial charge in [0.05, 0.1) is 39.0 Å². The third-order valence-corrected chi connectivity index (χ3v) is 6.24. The average Bonchev–Trinajstić information content (AvgIpc) is 3.12. The lowest BCUT2D eigenvalue weighted by Crippen LogP contribution is -2.40. The lowest BCUT2D eigenvalue weighted by molar-refractivity contribution is -0.120. The zero-order valence-electron chi connectivity index (χ0n) is 15.8. The van der Waals surface area contributed by atoms with Crippen LogP contribution in [0.1, 0.15) is 17.0 Å². The fourth-order valence-corrected chi connectivity index (χ4v) is 4.51. The fraction of sp³-hybridized carbons (Fsp3) is 0.444. The molecule has 1 aromatic carbocycles. The molecular weight excluding hydrogens is 386 g/mol. The number of hydrogen-bond acceptors (Lipinski definition) is 7. The first-order valence-electron chi connectivity index (χ1n) is 8.84. The predicted molar refractivity (Wildman–Crippen MR) is 99.4 cm³/mol. The number of morpholine rings is 1. The minimum Gasteiger partial charge on any atom is -0.495 e. The molecule has 0 aliphatic carbocycles. The van der Waals surface area contributed by atoms with Crippen molar-refractivity contribution in [1.29, 1.82) is 0 Å². The van der Waals surface area contributed by atoms with Crippen molar-refractivity contribution in [3.8, 4) is 5.75 Å². The molecule has 2 aromatic rings. The standard InChI is InChI=1S/C18H23N3O6S/c1-13-9-15(27-20-13)12-19-18(22)11-14-3-4-16(25-2)17(10-14)28(23,24)21-5-7-26-8-6-21/h3-4,9-10H,5-8,11-12H2,1-2H3,(H,19,22). The Morgan fingerprint density at radius 1 is 1.29 bits per heavy atom. The van der Waals surface area contributed by atoms with E-state index in [1.54, 1.807) is 25.1 Å². The Balaban J connectivity index is 1.73. The second-order valence-electron chi connectivity index (χ2n) is 6.39. The molecule has 0 spiro atoms. The number of carbonyl (C=O) groups is 1. The third kappa shape index (κ3) is 4.70. The van der Waals surface area contributed by atoms with Crippen molar-refractivity contribution >= 4 is 15.9 Å². The minimum absolute atomic E-state index is 0.0305. The largest absolute Gasteiger partial charge is 0.495 e. The number of amides is 1. The highest BCUT2D eigenvalue weighted by atomic mass is 32.2. The van der Waals surface area contributed by atoms with Crippen molar-refractivity contribution in [2.45, 2.75) is 24.8 Å². The summed E-state index contributed by atoms with van der Waals surface area (Å²) >= 11 is 0. The van der Waals surface area contributed by atoms with Gasteiger partial charge in [0, 0.05) is 19.2 Å². The van der Waals surface area contributed by atoms with Gasteiger partial charge in [-0.05, 0) is 24.6 Å². The number of methoxy groups -OCH3 is 1. The molecule has 1 aliphatic rings. The van der Waals surface area contributed by atoms with Gasteiger partial charge in [0.1, 0.15) is 10.6 Å².